The molecule has 0 bridgehead atoms. The Bertz CT molecular complexity index is 738. The summed E-state index contributed by atoms with van der Waals surface area (Å²) in [6.07, 6.45) is 3.01. The van der Waals surface area contributed by atoms with Crippen LogP contribution in [0.5, 0.6) is 0 Å². The molecule has 3 aliphatic rings. The number of nitrogens with zero attached hydrogens (tertiary/aromatic N) is 2. The molecular formula is C20H28N2O7S. The van der Waals surface area contributed by atoms with Crippen LogP contribution in [0.4, 0.5) is 0 Å². The van der Waals surface area contributed by atoms with Gasteiger partial charge < -0.3 is 25.0 Å². The molecule has 1 aromatic heterocycles. The number of rotatable bonds is 4. The lowest BCUT2D eigenvalue weighted by Crippen LogP contribution is -2.43. The summed E-state index contributed by atoms with van der Waals surface area (Å²) >= 11 is 1.79. The van der Waals surface area contributed by atoms with Crippen molar-refractivity contribution < 1.29 is 34.4 Å². The van der Waals surface area contributed by atoms with E-state index in [1.807, 2.05) is 4.90 Å². The summed E-state index contributed by atoms with van der Waals surface area (Å²) in [5.41, 5.74) is -0.728. The van der Waals surface area contributed by atoms with Crippen molar-refractivity contribution in [1.29, 1.82) is 0 Å². The number of hydrogen-bond acceptors (Lipinski definition) is 7. The average molecular weight is 441 g/mol. The molecule has 2 aliphatic heterocycles. The molecule has 3 fully saturated rings. The molecule has 3 heterocycles. The first-order valence-corrected chi connectivity index (χ1v) is 11.0. The Morgan fingerprint density at radius 1 is 1.17 bits per heavy atom. The van der Waals surface area contributed by atoms with Crippen LogP contribution in [0.3, 0.4) is 0 Å². The van der Waals surface area contributed by atoms with Crippen LogP contribution in [0.15, 0.2) is 17.5 Å². The van der Waals surface area contributed by atoms with Gasteiger partial charge in [-0.25, -0.2) is 9.59 Å². The molecule has 1 amide bonds. The maximum Gasteiger partial charge on any atom is 0.414 e. The Labute approximate surface area is 178 Å². The minimum Gasteiger partial charge on any atom is -0.473 e. The van der Waals surface area contributed by atoms with Gasteiger partial charge in [0, 0.05) is 43.5 Å². The van der Waals surface area contributed by atoms with E-state index in [1.165, 1.54) is 4.88 Å². The van der Waals surface area contributed by atoms with Crippen LogP contribution in [-0.4, -0.2) is 87.5 Å². The summed E-state index contributed by atoms with van der Waals surface area (Å²) in [4.78, 5) is 36.5. The van der Waals surface area contributed by atoms with Gasteiger partial charge in [-0.15, -0.1) is 11.3 Å². The topological polar surface area (TPSA) is 128 Å². The van der Waals surface area contributed by atoms with Gasteiger partial charge in [0.1, 0.15) is 0 Å². The van der Waals surface area contributed by atoms with Crippen LogP contribution in [0, 0.1) is 5.92 Å². The number of carbonyl (C=O) groups excluding carboxylic acids is 1. The number of hydrogen-bond donors (Lipinski definition) is 3. The van der Waals surface area contributed by atoms with E-state index in [2.05, 4.69) is 22.4 Å². The van der Waals surface area contributed by atoms with Crippen molar-refractivity contribution >= 4 is 29.2 Å². The normalized spacial score (nSPS) is 25.3. The smallest absolute Gasteiger partial charge is 0.414 e. The number of aliphatic carboxylic acids is 2. The van der Waals surface area contributed by atoms with E-state index in [0.717, 1.165) is 52.0 Å². The van der Waals surface area contributed by atoms with Crippen molar-refractivity contribution in [2.45, 2.75) is 43.9 Å². The van der Waals surface area contributed by atoms with E-state index < -0.39 is 17.5 Å². The number of carboxylic acid groups (broad SMARTS) is 2. The first-order chi connectivity index (χ1) is 14.3. The third-order valence-corrected chi connectivity index (χ3v) is 6.73. The highest BCUT2D eigenvalue weighted by Gasteiger charge is 2.42. The van der Waals surface area contributed by atoms with Gasteiger partial charge >= 0.3 is 11.9 Å². The molecule has 3 N–H and O–H groups in total. The monoisotopic (exact) mass is 440 g/mol. The summed E-state index contributed by atoms with van der Waals surface area (Å²) in [5.74, 6) is -3.17. The lowest BCUT2D eigenvalue weighted by Gasteiger charge is -2.37. The van der Waals surface area contributed by atoms with E-state index in [1.54, 1.807) is 11.3 Å². The second kappa shape index (κ2) is 9.86. The molecule has 1 saturated carbocycles. The Kier molecular flexibility index (Phi) is 7.45. The highest BCUT2D eigenvalue weighted by Crippen LogP contribution is 2.36. The first kappa shape index (κ1) is 22.7. The zero-order valence-corrected chi connectivity index (χ0v) is 17.6. The van der Waals surface area contributed by atoms with Gasteiger partial charge in [0.2, 0.25) is 5.91 Å². The van der Waals surface area contributed by atoms with Gasteiger partial charge in [-0.05, 0) is 30.7 Å². The van der Waals surface area contributed by atoms with Gasteiger partial charge in [-0.2, -0.15) is 0 Å². The van der Waals surface area contributed by atoms with Gasteiger partial charge in [-0.3, -0.25) is 9.69 Å². The maximum atomic E-state index is 12.5. The lowest BCUT2D eigenvalue weighted by atomic mass is 9.77. The molecule has 9 nitrogen and oxygen atoms in total. The summed E-state index contributed by atoms with van der Waals surface area (Å²) < 4.78 is 6.03. The third-order valence-electron chi connectivity index (χ3n) is 5.87. The second-order valence-electron chi connectivity index (χ2n) is 8.15. The van der Waals surface area contributed by atoms with Gasteiger partial charge in [-0.1, -0.05) is 6.07 Å². The van der Waals surface area contributed by atoms with Crippen molar-refractivity contribution in [3.05, 3.63) is 22.4 Å². The Morgan fingerprint density at radius 2 is 1.90 bits per heavy atom. The van der Waals surface area contributed by atoms with Crippen LogP contribution >= 0.6 is 11.3 Å². The van der Waals surface area contributed by atoms with Gasteiger partial charge in [0.25, 0.3) is 0 Å². The number of carboxylic acids is 2. The Hall–Kier alpha value is -2.01. The number of fused-ring (bicyclic) bond motifs is 1. The van der Waals surface area contributed by atoms with E-state index in [4.69, 9.17) is 24.5 Å². The second-order valence-corrected chi connectivity index (χ2v) is 9.18. The lowest BCUT2D eigenvalue weighted by molar-refractivity contribution is -0.159. The van der Waals surface area contributed by atoms with E-state index >= 15 is 0 Å². The van der Waals surface area contributed by atoms with Gasteiger partial charge in [0.05, 0.1) is 24.7 Å². The maximum absolute atomic E-state index is 12.5. The van der Waals surface area contributed by atoms with Crippen molar-refractivity contribution in [2.75, 3.05) is 32.8 Å². The number of amides is 1. The molecule has 1 aromatic rings. The molecule has 1 aliphatic carbocycles. The number of likely N-dealkylation sites (tertiary alicyclic amines) is 1. The molecule has 2 atom stereocenters. The van der Waals surface area contributed by atoms with Crippen LogP contribution < -0.4 is 0 Å². The number of aliphatic hydroxyl groups is 1. The molecule has 0 aromatic carbocycles. The zero-order chi connectivity index (χ0) is 21.7. The number of carbonyl (C=O) groups is 3. The zero-order valence-electron chi connectivity index (χ0n) is 16.7. The van der Waals surface area contributed by atoms with Crippen LogP contribution in [0.2, 0.25) is 0 Å². The summed E-state index contributed by atoms with van der Waals surface area (Å²) in [5, 5.41) is 27.1. The predicted octanol–water partition coefficient (Wildman–Crippen LogP) is 0.868. The largest absolute Gasteiger partial charge is 0.473 e. The van der Waals surface area contributed by atoms with Crippen molar-refractivity contribution in [3.63, 3.8) is 0 Å². The first-order valence-electron chi connectivity index (χ1n) is 10.1. The summed E-state index contributed by atoms with van der Waals surface area (Å²) in [7, 11) is 0. The fourth-order valence-corrected chi connectivity index (χ4v) is 4.83. The average Bonchev–Trinajstić information content (AvgIpc) is 3.27. The summed E-state index contributed by atoms with van der Waals surface area (Å²) in [6, 6.07) is 4.27. The third kappa shape index (κ3) is 6.00. The molecule has 0 spiro atoms. The SMILES string of the molecule is O=C(CC1(O)CCC1)N1C[C@@H]2CN(Cc3cccs3)CCO[C@@H]2C1.O=C(O)C(=O)O. The van der Waals surface area contributed by atoms with E-state index in [-0.39, 0.29) is 18.4 Å². The fraction of sp³-hybridized carbons (Fsp3) is 0.650. The highest BCUT2D eigenvalue weighted by atomic mass is 32.1. The fourth-order valence-electron chi connectivity index (χ4n) is 4.09. The number of ether oxygens (including phenoxy) is 1. The van der Waals surface area contributed by atoms with Crippen molar-refractivity contribution in [1.82, 2.24) is 9.80 Å². The predicted molar refractivity (Wildman–Crippen MR) is 108 cm³/mol. The highest BCUT2D eigenvalue weighted by molar-refractivity contribution is 7.09. The molecule has 166 valence electrons. The van der Waals surface area contributed by atoms with Crippen LogP contribution in [0.1, 0.15) is 30.6 Å². The quantitative estimate of drug-likeness (QED) is 0.589. The van der Waals surface area contributed by atoms with Gasteiger partial charge in [0.15, 0.2) is 0 Å². The number of thiophene rings is 1. The van der Waals surface area contributed by atoms with E-state index in [0.29, 0.717) is 12.5 Å². The molecule has 0 radical (unpaired) electrons. The standard InChI is InChI=1S/C18H26N2O3S.C2H2O4/c21-17(9-18(22)4-2-5-18)20-11-14-10-19(6-7-23-16(14)13-20)12-15-3-1-8-24-15;3-1(4)2(5)6/h1,3,8,14,16,22H,2,4-7,9-13H2;(H,3,4)(H,5,6)/t14-,16+;/m0./s1. The minimum absolute atomic E-state index is 0.0960. The van der Waals surface area contributed by atoms with Crippen LogP contribution in [-0.2, 0) is 25.7 Å². The van der Waals surface area contributed by atoms with Crippen LogP contribution in [0.25, 0.3) is 0 Å². The molecular weight excluding hydrogens is 412 g/mol. The molecule has 30 heavy (non-hydrogen) atoms. The molecule has 0 unspecified atom stereocenters. The molecule has 4 rings (SSSR count). The minimum atomic E-state index is -1.82. The van der Waals surface area contributed by atoms with Crippen molar-refractivity contribution in [3.8, 4) is 0 Å². The van der Waals surface area contributed by atoms with Crippen molar-refractivity contribution in [2.24, 2.45) is 5.92 Å². The molecule has 2 saturated heterocycles. The Balaban J connectivity index is 0.000000377. The van der Waals surface area contributed by atoms with E-state index in [9.17, 15) is 9.90 Å². The summed E-state index contributed by atoms with van der Waals surface area (Å²) in [6.45, 7) is 5.10. The molecule has 10 heteroatoms. The Morgan fingerprint density at radius 3 is 2.47 bits per heavy atom.